The summed E-state index contributed by atoms with van der Waals surface area (Å²) in [6.07, 6.45) is 2.60. The van der Waals surface area contributed by atoms with Crippen molar-refractivity contribution in [2.75, 3.05) is 0 Å². The first-order valence-electron chi connectivity index (χ1n) is 5.19. The minimum atomic E-state index is -1.11. The summed E-state index contributed by atoms with van der Waals surface area (Å²) in [6.45, 7) is 1.82. The lowest BCUT2D eigenvalue weighted by atomic mass is 10.0. The van der Waals surface area contributed by atoms with Crippen molar-refractivity contribution in [1.82, 2.24) is 9.97 Å². The number of hydrogen-bond acceptors (Lipinski definition) is 4. The number of carboxylic acid groups (broad SMARTS) is 1. The van der Waals surface area contributed by atoms with Crippen LogP contribution >= 0.6 is 0 Å². The highest BCUT2D eigenvalue weighted by Gasteiger charge is 2.09. The van der Waals surface area contributed by atoms with Crippen molar-refractivity contribution in [1.29, 1.82) is 5.26 Å². The third-order valence-corrected chi connectivity index (χ3v) is 2.60. The molecule has 0 aliphatic heterocycles. The molecule has 5 nitrogen and oxygen atoms in total. The van der Waals surface area contributed by atoms with E-state index in [2.05, 4.69) is 16.0 Å². The van der Waals surface area contributed by atoms with Gasteiger partial charge in [0, 0.05) is 5.56 Å². The van der Waals surface area contributed by atoms with Crippen LogP contribution in [0.2, 0.25) is 0 Å². The molecule has 1 N–H and O–H groups in total. The third-order valence-electron chi connectivity index (χ3n) is 2.60. The van der Waals surface area contributed by atoms with E-state index in [0.717, 1.165) is 11.1 Å². The van der Waals surface area contributed by atoms with E-state index in [-0.39, 0.29) is 5.69 Å². The van der Waals surface area contributed by atoms with E-state index in [1.165, 1.54) is 12.4 Å². The summed E-state index contributed by atoms with van der Waals surface area (Å²) in [6, 6.07) is 7.39. The van der Waals surface area contributed by atoms with Crippen molar-refractivity contribution in [2.24, 2.45) is 0 Å². The second-order valence-corrected chi connectivity index (χ2v) is 3.68. The zero-order chi connectivity index (χ0) is 13.1. The molecule has 0 fully saturated rings. The van der Waals surface area contributed by atoms with Crippen LogP contribution in [0.3, 0.4) is 0 Å². The molecule has 0 bridgehead atoms. The van der Waals surface area contributed by atoms with Crippen molar-refractivity contribution in [3.8, 4) is 17.3 Å². The monoisotopic (exact) mass is 239 g/mol. The molecule has 0 spiro atoms. The van der Waals surface area contributed by atoms with Gasteiger partial charge < -0.3 is 5.11 Å². The number of hydrogen-bond donors (Lipinski definition) is 1. The van der Waals surface area contributed by atoms with Crippen molar-refractivity contribution in [3.63, 3.8) is 0 Å². The summed E-state index contributed by atoms with van der Waals surface area (Å²) >= 11 is 0. The van der Waals surface area contributed by atoms with Gasteiger partial charge in [-0.05, 0) is 18.6 Å². The summed E-state index contributed by atoms with van der Waals surface area (Å²) in [5.74, 6) is -1.11. The molecule has 18 heavy (non-hydrogen) atoms. The molecule has 2 rings (SSSR count). The van der Waals surface area contributed by atoms with E-state index in [4.69, 9.17) is 10.4 Å². The summed E-state index contributed by atoms with van der Waals surface area (Å²) < 4.78 is 0. The van der Waals surface area contributed by atoms with Gasteiger partial charge in [0.25, 0.3) is 0 Å². The minimum Gasteiger partial charge on any atom is -0.476 e. The quantitative estimate of drug-likeness (QED) is 0.866. The number of rotatable bonds is 2. The number of carbonyl (C=O) groups is 1. The van der Waals surface area contributed by atoms with Gasteiger partial charge in [-0.1, -0.05) is 12.1 Å². The molecule has 88 valence electrons. The zero-order valence-corrected chi connectivity index (χ0v) is 9.58. The second kappa shape index (κ2) is 4.63. The third kappa shape index (κ3) is 2.04. The summed E-state index contributed by atoms with van der Waals surface area (Å²) in [5.41, 5.74) is 2.59. The van der Waals surface area contributed by atoms with Crippen LogP contribution in [-0.4, -0.2) is 21.0 Å². The van der Waals surface area contributed by atoms with E-state index in [1.807, 2.05) is 13.0 Å². The Labute approximate surface area is 103 Å². The first-order valence-corrected chi connectivity index (χ1v) is 5.19. The number of nitrogens with zero attached hydrogens (tertiary/aromatic N) is 3. The van der Waals surface area contributed by atoms with Gasteiger partial charge in [0.15, 0.2) is 5.69 Å². The summed E-state index contributed by atoms with van der Waals surface area (Å²) in [5, 5.41) is 17.7. The Kier molecular flexibility index (Phi) is 3.02. The lowest BCUT2D eigenvalue weighted by Crippen LogP contribution is -2.01. The SMILES string of the molecule is Cc1c(C#N)cccc1-c1cnc(C(=O)O)cn1. The zero-order valence-electron chi connectivity index (χ0n) is 9.58. The lowest BCUT2D eigenvalue weighted by molar-refractivity contribution is 0.0690. The Balaban J connectivity index is 2.50. The van der Waals surface area contributed by atoms with Gasteiger partial charge in [0.05, 0.1) is 29.7 Å². The van der Waals surface area contributed by atoms with E-state index in [1.54, 1.807) is 12.1 Å². The highest BCUT2D eigenvalue weighted by molar-refractivity contribution is 5.85. The standard InChI is InChI=1S/C13H9N3O2/c1-8-9(5-14)3-2-4-10(8)11-6-16-12(7-15-11)13(17)18/h2-4,6-7H,1H3,(H,17,18). The van der Waals surface area contributed by atoms with Crippen molar-refractivity contribution < 1.29 is 9.90 Å². The molecule has 0 atom stereocenters. The van der Waals surface area contributed by atoms with Crippen LogP contribution in [0.4, 0.5) is 0 Å². The molecule has 0 aliphatic rings. The lowest BCUT2D eigenvalue weighted by Gasteiger charge is -2.06. The maximum atomic E-state index is 10.7. The smallest absolute Gasteiger partial charge is 0.356 e. The molecule has 1 heterocycles. The van der Waals surface area contributed by atoms with Gasteiger partial charge in [0.1, 0.15) is 0 Å². The molecule has 2 aromatic rings. The van der Waals surface area contributed by atoms with Crippen molar-refractivity contribution in [3.05, 3.63) is 47.4 Å². The topological polar surface area (TPSA) is 86.9 Å². The fourth-order valence-electron chi connectivity index (χ4n) is 1.61. The maximum absolute atomic E-state index is 10.7. The van der Waals surface area contributed by atoms with E-state index in [0.29, 0.717) is 11.3 Å². The Morgan fingerprint density at radius 3 is 2.67 bits per heavy atom. The van der Waals surface area contributed by atoms with Crippen LogP contribution in [-0.2, 0) is 0 Å². The first-order chi connectivity index (χ1) is 8.63. The number of aromatic carboxylic acids is 1. The number of aromatic nitrogens is 2. The van der Waals surface area contributed by atoms with Gasteiger partial charge in [-0.3, -0.25) is 4.98 Å². The Hall–Kier alpha value is -2.74. The average Bonchev–Trinajstić information content (AvgIpc) is 2.39. The molecule has 0 amide bonds. The van der Waals surface area contributed by atoms with Crippen LogP contribution in [0.1, 0.15) is 21.6 Å². The normalized spacial score (nSPS) is 9.78. The predicted molar refractivity (Wildman–Crippen MR) is 63.9 cm³/mol. The number of carboxylic acids is 1. The fraction of sp³-hybridized carbons (Fsp3) is 0.0769. The van der Waals surface area contributed by atoms with E-state index in [9.17, 15) is 4.79 Å². The highest BCUT2D eigenvalue weighted by Crippen LogP contribution is 2.22. The highest BCUT2D eigenvalue weighted by atomic mass is 16.4. The van der Waals surface area contributed by atoms with Crippen LogP contribution in [0.15, 0.2) is 30.6 Å². The number of nitriles is 1. The summed E-state index contributed by atoms with van der Waals surface area (Å²) in [7, 11) is 0. The largest absolute Gasteiger partial charge is 0.476 e. The summed E-state index contributed by atoms with van der Waals surface area (Å²) in [4.78, 5) is 18.5. The second-order valence-electron chi connectivity index (χ2n) is 3.68. The van der Waals surface area contributed by atoms with Gasteiger partial charge in [-0.2, -0.15) is 5.26 Å². The molecule has 1 aromatic heterocycles. The van der Waals surface area contributed by atoms with Gasteiger partial charge >= 0.3 is 5.97 Å². The Bertz CT molecular complexity index is 642. The Morgan fingerprint density at radius 1 is 1.33 bits per heavy atom. The van der Waals surface area contributed by atoms with Crippen LogP contribution < -0.4 is 0 Å². The molecule has 0 radical (unpaired) electrons. The van der Waals surface area contributed by atoms with Crippen LogP contribution in [0.25, 0.3) is 11.3 Å². The number of benzene rings is 1. The molecule has 0 saturated carbocycles. The molecule has 0 unspecified atom stereocenters. The molecule has 0 saturated heterocycles. The van der Waals surface area contributed by atoms with E-state index < -0.39 is 5.97 Å². The van der Waals surface area contributed by atoms with Crippen LogP contribution in [0.5, 0.6) is 0 Å². The van der Waals surface area contributed by atoms with Gasteiger partial charge in [-0.15, -0.1) is 0 Å². The molecular weight excluding hydrogens is 230 g/mol. The van der Waals surface area contributed by atoms with Gasteiger partial charge in [0.2, 0.25) is 0 Å². The molecule has 5 heteroatoms. The molecular formula is C13H9N3O2. The van der Waals surface area contributed by atoms with Gasteiger partial charge in [-0.25, -0.2) is 9.78 Å². The average molecular weight is 239 g/mol. The fourth-order valence-corrected chi connectivity index (χ4v) is 1.61. The van der Waals surface area contributed by atoms with Crippen molar-refractivity contribution >= 4 is 5.97 Å². The molecule has 1 aromatic carbocycles. The van der Waals surface area contributed by atoms with Crippen LogP contribution in [0, 0.1) is 18.3 Å². The predicted octanol–water partition coefficient (Wildman–Crippen LogP) is 2.02. The van der Waals surface area contributed by atoms with E-state index >= 15 is 0 Å². The maximum Gasteiger partial charge on any atom is 0.356 e. The van der Waals surface area contributed by atoms with Crippen molar-refractivity contribution in [2.45, 2.75) is 6.92 Å². The Morgan fingerprint density at radius 2 is 2.11 bits per heavy atom. The molecule has 0 aliphatic carbocycles. The minimum absolute atomic E-state index is 0.104. The first kappa shape index (κ1) is 11.7.